The van der Waals surface area contributed by atoms with Crippen molar-refractivity contribution in [2.75, 3.05) is 27.4 Å². The fourth-order valence-electron chi connectivity index (χ4n) is 5.14. The van der Waals surface area contributed by atoms with Gasteiger partial charge in [0, 0.05) is 0 Å². The van der Waals surface area contributed by atoms with Gasteiger partial charge >= 0.3 is 5.97 Å². The predicted molar refractivity (Wildman–Crippen MR) is 175 cm³/mol. The van der Waals surface area contributed by atoms with Gasteiger partial charge in [-0.2, -0.15) is 5.26 Å². The van der Waals surface area contributed by atoms with Gasteiger partial charge in [0.2, 0.25) is 0 Å². The predicted octanol–water partition coefficient (Wildman–Crippen LogP) is 9.52. The molecule has 0 heterocycles. The van der Waals surface area contributed by atoms with Crippen LogP contribution in [-0.4, -0.2) is 33.4 Å². The lowest BCUT2D eigenvalue weighted by atomic mass is 9.61. The van der Waals surface area contributed by atoms with Crippen LogP contribution in [0.1, 0.15) is 105 Å². The van der Waals surface area contributed by atoms with Gasteiger partial charge in [-0.25, -0.2) is 0 Å². The summed E-state index contributed by atoms with van der Waals surface area (Å²) in [6.07, 6.45) is 8.96. The lowest BCUT2D eigenvalue weighted by Crippen LogP contribution is -2.44. The fourth-order valence-corrected chi connectivity index (χ4v) is 5.14. The van der Waals surface area contributed by atoms with Gasteiger partial charge in [0.1, 0.15) is 5.75 Å². The summed E-state index contributed by atoms with van der Waals surface area (Å²) >= 11 is 0. The van der Waals surface area contributed by atoms with Crippen molar-refractivity contribution < 1.29 is 23.7 Å². The minimum atomic E-state index is -0.506. The van der Waals surface area contributed by atoms with E-state index in [-0.39, 0.29) is 16.8 Å². The lowest BCUT2D eigenvalue weighted by molar-refractivity contribution is -0.164. The number of hydrogen-bond acceptors (Lipinski definition) is 6. The van der Waals surface area contributed by atoms with E-state index in [9.17, 15) is 10.1 Å². The van der Waals surface area contributed by atoms with E-state index in [2.05, 4.69) is 54.5 Å². The van der Waals surface area contributed by atoms with Gasteiger partial charge in [-0.15, -0.1) is 0 Å². The zero-order chi connectivity index (χ0) is 32.1. The van der Waals surface area contributed by atoms with Crippen LogP contribution in [0.25, 0.3) is 11.6 Å². The number of allylic oxidation sites excluding steroid dienone is 1. The van der Waals surface area contributed by atoms with E-state index in [4.69, 9.17) is 18.9 Å². The number of nitriles is 1. The molecule has 0 spiro atoms. The van der Waals surface area contributed by atoms with Gasteiger partial charge in [-0.1, -0.05) is 79.4 Å². The maximum absolute atomic E-state index is 13.0. The van der Waals surface area contributed by atoms with E-state index in [0.29, 0.717) is 30.3 Å². The number of carbonyl (C=O) groups excluding carboxylic acids is 1. The van der Waals surface area contributed by atoms with E-state index < -0.39 is 5.41 Å². The van der Waals surface area contributed by atoms with E-state index in [1.165, 1.54) is 0 Å². The third-order valence-electron chi connectivity index (χ3n) is 8.04. The number of methoxy groups -OCH3 is 2. The topological polar surface area (TPSA) is 77.8 Å². The van der Waals surface area contributed by atoms with Crippen molar-refractivity contribution in [1.29, 1.82) is 5.26 Å². The van der Waals surface area contributed by atoms with E-state index >= 15 is 0 Å². The molecule has 1 atom stereocenters. The quantitative estimate of drug-likeness (QED) is 0.0837. The van der Waals surface area contributed by atoms with Gasteiger partial charge in [0.05, 0.1) is 44.5 Å². The van der Waals surface area contributed by atoms with Crippen LogP contribution in [0.2, 0.25) is 0 Å². The Morgan fingerprint density at radius 3 is 1.91 bits per heavy atom. The standard InChI is InChI=1S/C37H53NO5/c1-35(2,3)27-37(7,36(4,5)6)34(39)43-23-15-13-11-10-12-14-22-42-31-19-16-28(17-20-31)24-30(26-38)29-18-21-32(40-8)33(25-29)41-9/h16-21,24-25H,10-15,22-23,27H2,1-9H3/b30-24+. The molecule has 2 aromatic rings. The molecular weight excluding hydrogens is 538 g/mol. The maximum atomic E-state index is 13.0. The van der Waals surface area contributed by atoms with Gasteiger partial charge in [0.25, 0.3) is 0 Å². The van der Waals surface area contributed by atoms with Crippen LogP contribution >= 0.6 is 0 Å². The molecule has 0 N–H and O–H groups in total. The fraction of sp³-hybridized carbons (Fsp3) is 0.568. The molecule has 0 aromatic heterocycles. The molecule has 0 aliphatic carbocycles. The number of carbonyl (C=O) groups is 1. The smallest absolute Gasteiger partial charge is 0.312 e. The summed E-state index contributed by atoms with van der Waals surface area (Å²) in [4.78, 5) is 13.0. The SMILES string of the molecule is COc1ccc(/C(C#N)=C/c2ccc(OCCCCCCCCOC(=O)C(C)(CC(C)(C)C)C(C)(C)C)cc2)cc1OC. The normalized spacial score (nSPS) is 13.5. The van der Waals surface area contributed by atoms with Crippen molar-refractivity contribution >= 4 is 17.6 Å². The minimum absolute atomic E-state index is 0.0570. The lowest BCUT2D eigenvalue weighted by Gasteiger charge is -2.43. The largest absolute Gasteiger partial charge is 0.494 e. The Morgan fingerprint density at radius 2 is 1.37 bits per heavy atom. The Hall–Kier alpha value is -3.46. The summed E-state index contributed by atoms with van der Waals surface area (Å²) in [5.74, 6) is 1.96. The van der Waals surface area contributed by atoms with E-state index in [1.807, 2.05) is 36.4 Å². The number of rotatable bonds is 16. The molecule has 0 bridgehead atoms. The molecule has 0 amide bonds. The molecule has 2 rings (SSSR count). The molecule has 43 heavy (non-hydrogen) atoms. The summed E-state index contributed by atoms with van der Waals surface area (Å²) in [5.41, 5.74) is 1.61. The minimum Gasteiger partial charge on any atom is -0.494 e. The molecule has 1 unspecified atom stereocenters. The molecule has 2 aromatic carbocycles. The molecule has 0 aliphatic rings. The van der Waals surface area contributed by atoms with Crippen LogP contribution < -0.4 is 14.2 Å². The summed E-state index contributed by atoms with van der Waals surface area (Å²) < 4.78 is 22.3. The second kappa shape index (κ2) is 16.4. The molecular formula is C37H53NO5. The summed E-state index contributed by atoms with van der Waals surface area (Å²) in [6, 6.07) is 15.5. The Bertz CT molecular complexity index is 1230. The first-order valence-electron chi connectivity index (χ1n) is 15.5. The van der Waals surface area contributed by atoms with Crippen LogP contribution in [0.5, 0.6) is 17.2 Å². The van der Waals surface area contributed by atoms with Crippen molar-refractivity contribution in [1.82, 2.24) is 0 Å². The van der Waals surface area contributed by atoms with Crippen LogP contribution in [0, 0.1) is 27.6 Å². The van der Waals surface area contributed by atoms with Gasteiger partial charge in [-0.05, 0) is 84.6 Å². The first-order chi connectivity index (χ1) is 20.2. The third-order valence-corrected chi connectivity index (χ3v) is 8.04. The summed E-state index contributed by atoms with van der Waals surface area (Å²) in [5, 5.41) is 9.71. The molecule has 0 saturated heterocycles. The number of nitrogens with zero attached hydrogens (tertiary/aromatic N) is 1. The van der Waals surface area contributed by atoms with Crippen molar-refractivity contribution in [2.45, 2.75) is 93.4 Å². The number of esters is 1. The molecule has 6 heteroatoms. The van der Waals surface area contributed by atoms with Crippen molar-refractivity contribution in [3.63, 3.8) is 0 Å². The summed E-state index contributed by atoms with van der Waals surface area (Å²) in [7, 11) is 3.16. The van der Waals surface area contributed by atoms with Gasteiger partial charge in [-0.3, -0.25) is 4.79 Å². The number of benzene rings is 2. The Morgan fingerprint density at radius 1 is 0.791 bits per heavy atom. The first-order valence-corrected chi connectivity index (χ1v) is 15.5. The Labute approximate surface area is 260 Å². The zero-order valence-corrected chi connectivity index (χ0v) is 28.0. The zero-order valence-electron chi connectivity index (χ0n) is 28.0. The second-order valence-corrected chi connectivity index (χ2v) is 13.7. The number of unbranched alkanes of at least 4 members (excludes halogenated alkanes) is 5. The Balaban J connectivity index is 1.69. The molecule has 236 valence electrons. The van der Waals surface area contributed by atoms with E-state index in [0.717, 1.165) is 61.8 Å². The van der Waals surface area contributed by atoms with Crippen LogP contribution in [0.15, 0.2) is 42.5 Å². The van der Waals surface area contributed by atoms with E-state index in [1.54, 1.807) is 26.4 Å². The molecule has 0 radical (unpaired) electrons. The maximum Gasteiger partial charge on any atom is 0.312 e. The summed E-state index contributed by atoms with van der Waals surface area (Å²) in [6.45, 7) is 16.1. The number of ether oxygens (including phenoxy) is 4. The van der Waals surface area contributed by atoms with Gasteiger partial charge in [0.15, 0.2) is 11.5 Å². The first kappa shape index (κ1) is 35.7. The highest BCUT2D eigenvalue weighted by atomic mass is 16.5. The molecule has 6 nitrogen and oxygen atoms in total. The molecule has 0 saturated carbocycles. The third kappa shape index (κ3) is 11.3. The monoisotopic (exact) mass is 591 g/mol. The van der Waals surface area contributed by atoms with Crippen LogP contribution in [0.4, 0.5) is 0 Å². The molecule has 0 fully saturated rings. The van der Waals surface area contributed by atoms with Crippen molar-refractivity contribution in [3.05, 3.63) is 53.6 Å². The molecule has 0 aliphatic heterocycles. The van der Waals surface area contributed by atoms with Crippen molar-refractivity contribution in [2.24, 2.45) is 16.2 Å². The Kier molecular flexibility index (Phi) is 13.6. The highest BCUT2D eigenvalue weighted by Gasteiger charge is 2.47. The average molecular weight is 592 g/mol. The average Bonchev–Trinajstić information content (AvgIpc) is 2.95. The van der Waals surface area contributed by atoms with Crippen LogP contribution in [-0.2, 0) is 9.53 Å². The highest BCUT2D eigenvalue weighted by molar-refractivity contribution is 5.90. The van der Waals surface area contributed by atoms with Crippen molar-refractivity contribution in [3.8, 4) is 23.3 Å². The number of hydrogen-bond donors (Lipinski definition) is 0. The second-order valence-electron chi connectivity index (χ2n) is 13.7. The van der Waals surface area contributed by atoms with Crippen LogP contribution in [0.3, 0.4) is 0 Å². The van der Waals surface area contributed by atoms with Gasteiger partial charge < -0.3 is 18.9 Å². The highest BCUT2D eigenvalue weighted by Crippen LogP contribution is 2.47.